The number of hydrogen-bond donors (Lipinski definition) is 0. The predicted octanol–water partition coefficient (Wildman–Crippen LogP) is 13.7. The number of aromatic nitrogens is 1. The molecule has 0 bridgehead atoms. The average Bonchev–Trinajstić information content (AvgIpc) is 3.66. The largest absolute Gasteiger partial charge is 0.458 e. The molecule has 5 heteroatoms. The van der Waals surface area contributed by atoms with E-state index in [-0.39, 0.29) is 6.71 Å². The lowest BCUT2D eigenvalue weighted by Gasteiger charge is -2.41. The van der Waals surface area contributed by atoms with E-state index in [1.165, 1.54) is 109 Å². The van der Waals surface area contributed by atoms with E-state index in [1.807, 2.05) is 11.8 Å². The molecule has 294 valence electrons. The van der Waals surface area contributed by atoms with Crippen molar-refractivity contribution in [1.82, 2.24) is 4.57 Å². The summed E-state index contributed by atoms with van der Waals surface area (Å²) in [6.45, 7) is 2.21. The molecule has 8 aromatic carbocycles. The number of nitrogens with zero attached hydrogens (tertiary/aromatic N) is 2. The van der Waals surface area contributed by atoms with Gasteiger partial charge in [0.2, 0.25) is 0 Å². The van der Waals surface area contributed by atoms with Crippen LogP contribution in [0.1, 0.15) is 50.5 Å². The van der Waals surface area contributed by atoms with Gasteiger partial charge in [-0.2, -0.15) is 0 Å². The quantitative estimate of drug-likeness (QED) is 0.118. The monoisotopic (exact) mass is 804 g/mol. The number of anilines is 3. The number of benzene rings is 8. The van der Waals surface area contributed by atoms with Crippen molar-refractivity contribution in [3.05, 3.63) is 181 Å². The van der Waals surface area contributed by atoms with Crippen LogP contribution in [0.2, 0.25) is 0 Å². The zero-order chi connectivity index (χ0) is 40.4. The molecule has 3 heterocycles. The topological polar surface area (TPSA) is 17.4 Å². The van der Waals surface area contributed by atoms with Crippen LogP contribution in [0.5, 0.6) is 11.5 Å². The standard InChI is InChI=1S/C56H45BN2OS/c1-2-61-42-30-33-48-54(36-42)60-53-27-15-26-50-55(53)57(48)47-32-29-41(58-49-25-13-12-22-45(49)46-31-28-40(34-51(46)58)37-16-6-3-7-17-37)35-52(47)59(50)56-43(38-18-8-4-9-19-38)23-14-24-44(56)39-20-10-5-11-21-39/h4-5,8-15,18-37H,2-3,6-7,16-17H2,1H3. The summed E-state index contributed by atoms with van der Waals surface area (Å²) in [5, 5.41) is 2.59. The Hall–Kier alpha value is -6.43. The van der Waals surface area contributed by atoms with E-state index < -0.39 is 0 Å². The Balaban J connectivity index is 1.16. The SMILES string of the molecule is CCSc1ccc2c(c1)Oc1cccc3c1B2c1ccc(-n2c4ccccc4c4ccc(C5CCCCC5)cc42)cc1N3c1c(-c2ccccc2)cccc1-c1ccccc1. The lowest BCUT2D eigenvalue weighted by Crippen LogP contribution is -2.59. The molecule has 0 N–H and O–H groups in total. The summed E-state index contributed by atoms with van der Waals surface area (Å²) in [7, 11) is 0. The minimum atomic E-state index is -0.00366. The molecule has 1 aromatic heterocycles. The molecule has 0 saturated heterocycles. The zero-order valence-corrected chi connectivity index (χ0v) is 35.2. The average molecular weight is 805 g/mol. The maximum Gasteiger partial charge on any atom is 0.256 e. The first kappa shape index (κ1) is 36.4. The number of rotatable bonds is 7. The summed E-state index contributed by atoms with van der Waals surface area (Å²) in [4.78, 5) is 3.80. The van der Waals surface area contributed by atoms with E-state index >= 15 is 0 Å². The number of para-hydroxylation sites is 2. The lowest BCUT2D eigenvalue weighted by atomic mass is 9.34. The molecule has 3 aliphatic rings. The third-order valence-electron chi connectivity index (χ3n) is 13.4. The van der Waals surface area contributed by atoms with Gasteiger partial charge in [-0.1, -0.05) is 154 Å². The van der Waals surface area contributed by atoms with Crippen molar-refractivity contribution in [2.45, 2.75) is 49.8 Å². The molecule has 0 atom stereocenters. The van der Waals surface area contributed by atoms with Gasteiger partial charge in [0.1, 0.15) is 11.5 Å². The van der Waals surface area contributed by atoms with Crippen LogP contribution in [-0.2, 0) is 0 Å². The normalized spacial score (nSPS) is 14.4. The van der Waals surface area contributed by atoms with Crippen molar-refractivity contribution in [2.75, 3.05) is 10.7 Å². The molecule has 1 saturated carbocycles. The van der Waals surface area contributed by atoms with Gasteiger partial charge in [0.05, 0.1) is 16.7 Å². The van der Waals surface area contributed by atoms with Gasteiger partial charge in [-0.3, -0.25) is 0 Å². The minimum Gasteiger partial charge on any atom is -0.458 e. The third-order valence-corrected chi connectivity index (χ3v) is 14.3. The Morgan fingerprint density at radius 2 is 1.28 bits per heavy atom. The highest BCUT2D eigenvalue weighted by Crippen LogP contribution is 2.49. The van der Waals surface area contributed by atoms with E-state index in [4.69, 9.17) is 4.74 Å². The van der Waals surface area contributed by atoms with Crippen molar-refractivity contribution in [3.8, 4) is 39.4 Å². The fourth-order valence-electron chi connectivity index (χ4n) is 10.7. The van der Waals surface area contributed by atoms with Crippen LogP contribution in [0.3, 0.4) is 0 Å². The van der Waals surface area contributed by atoms with Crippen molar-refractivity contribution in [1.29, 1.82) is 0 Å². The predicted molar refractivity (Wildman–Crippen MR) is 260 cm³/mol. The molecule has 12 rings (SSSR count). The van der Waals surface area contributed by atoms with Gasteiger partial charge in [-0.05, 0) is 106 Å². The highest BCUT2D eigenvalue weighted by Gasteiger charge is 2.43. The summed E-state index contributed by atoms with van der Waals surface area (Å²) in [6.07, 6.45) is 6.54. The molecule has 9 aromatic rings. The van der Waals surface area contributed by atoms with Crippen LogP contribution in [0.15, 0.2) is 181 Å². The second-order valence-electron chi connectivity index (χ2n) is 16.8. The fraction of sp³-hybridized carbons (Fsp3) is 0.143. The van der Waals surface area contributed by atoms with Crippen LogP contribution < -0.4 is 26.0 Å². The maximum absolute atomic E-state index is 6.94. The van der Waals surface area contributed by atoms with Crippen LogP contribution in [-0.4, -0.2) is 17.0 Å². The van der Waals surface area contributed by atoms with Gasteiger partial charge in [0, 0.05) is 43.9 Å². The van der Waals surface area contributed by atoms with Crippen LogP contribution in [0, 0.1) is 0 Å². The van der Waals surface area contributed by atoms with Crippen molar-refractivity contribution >= 4 is 73.7 Å². The van der Waals surface area contributed by atoms with Gasteiger partial charge < -0.3 is 14.2 Å². The first-order chi connectivity index (χ1) is 30.2. The second kappa shape index (κ2) is 14.9. The van der Waals surface area contributed by atoms with Crippen LogP contribution in [0.25, 0.3) is 49.7 Å². The summed E-state index contributed by atoms with van der Waals surface area (Å²) < 4.78 is 9.47. The van der Waals surface area contributed by atoms with Gasteiger partial charge in [0.25, 0.3) is 6.71 Å². The van der Waals surface area contributed by atoms with E-state index in [1.54, 1.807) is 0 Å². The molecule has 0 radical (unpaired) electrons. The van der Waals surface area contributed by atoms with Gasteiger partial charge in [-0.15, -0.1) is 11.8 Å². The molecule has 2 aliphatic heterocycles. The number of ether oxygens (including phenoxy) is 1. The molecule has 0 spiro atoms. The van der Waals surface area contributed by atoms with E-state index in [0.29, 0.717) is 5.92 Å². The molecule has 1 fully saturated rings. The molecular formula is C56H45BN2OS. The van der Waals surface area contributed by atoms with Gasteiger partial charge in [-0.25, -0.2) is 0 Å². The first-order valence-electron chi connectivity index (χ1n) is 22.0. The van der Waals surface area contributed by atoms with E-state index in [9.17, 15) is 0 Å². The summed E-state index contributed by atoms with van der Waals surface area (Å²) in [6, 6.07) is 65.6. The molecular weight excluding hydrogens is 760 g/mol. The molecule has 61 heavy (non-hydrogen) atoms. The minimum absolute atomic E-state index is 0.00366. The maximum atomic E-state index is 6.94. The Morgan fingerprint density at radius 1 is 0.574 bits per heavy atom. The zero-order valence-electron chi connectivity index (χ0n) is 34.4. The van der Waals surface area contributed by atoms with Crippen LogP contribution in [0.4, 0.5) is 17.1 Å². The van der Waals surface area contributed by atoms with Crippen molar-refractivity contribution in [3.63, 3.8) is 0 Å². The number of hydrogen-bond acceptors (Lipinski definition) is 3. The molecule has 0 unspecified atom stereocenters. The van der Waals surface area contributed by atoms with Gasteiger partial charge in [0.15, 0.2) is 0 Å². The summed E-state index contributed by atoms with van der Waals surface area (Å²) in [5.41, 5.74) is 17.1. The highest BCUT2D eigenvalue weighted by atomic mass is 32.2. The summed E-state index contributed by atoms with van der Waals surface area (Å²) in [5.74, 6) is 3.50. The van der Waals surface area contributed by atoms with Crippen molar-refractivity contribution in [2.24, 2.45) is 0 Å². The lowest BCUT2D eigenvalue weighted by molar-refractivity contribution is 0.444. The van der Waals surface area contributed by atoms with Crippen molar-refractivity contribution < 1.29 is 4.74 Å². The molecule has 1 aliphatic carbocycles. The first-order valence-corrected chi connectivity index (χ1v) is 23.0. The van der Waals surface area contributed by atoms with E-state index in [0.717, 1.165) is 34.3 Å². The summed E-state index contributed by atoms with van der Waals surface area (Å²) >= 11 is 1.86. The fourth-order valence-corrected chi connectivity index (χ4v) is 11.4. The van der Waals surface area contributed by atoms with E-state index in [2.05, 4.69) is 192 Å². The molecule has 0 amide bonds. The Morgan fingerprint density at radius 3 is 2.05 bits per heavy atom. The Bertz CT molecular complexity index is 3070. The van der Waals surface area contributed by atoms with Gasteiger partial charge >= 0.3 is 0 Å². The number of thioether (sulfide) groups is 1. The van der Waals surface area contributed by atoms with Crippen LogP contribution >= 0.6 is 11.8 Å². The Labute approximate surface area is 362 Å². The second-order valence-corrected chi connectivity index (χ2v) is 18.2. The highest BCUT2D eigenvalue weighted by molar-refractivity contribution is 7.99. The smallest absolute Gasteiger partial charge is 0.256 e. The third kappa shape index (κ3) is 5.96. The number of fused-ring (bicyclic) bond motifs is 7. The molecule has 3 nitrogen and oxygen atoms in total. The Kier molecular flexibility index (Phi) is 8.92.